The molecule has 3 rings (SSSR count). The third-order valence-electron chi connectivity index (χ3n) is 3.93. The molecule has 0 amide bonds. The summed E-state index contributed by atoms with van der Waals surface area (Å²) in [7, 11) is 0. The van der Waals surface area contributed by atoms with Gasteiger partial charge in [0.2, 0.25) is 5.95 Å². The molecule has 0 saturated carbocycles. The van der Waals surface area contributed by atoms with Crippen LogP contribution in [0.4, 0.5) is 16.0 Å². The van der Waals surface area contributed by atoms with Gasteiger partial charge in [-0.2, -0.15) is 0 Å². The van der Waals surface area contributed by atoms with Crippen molar-refractivity contribution in [3.63, 3.8) is 0 Å². The number of aromatic nitrogens is 2. The molecule has 1 saturated heterocycles. The van der Waals surface area contributed by atoms with Gasteiger partial charge >= 0.3 is 5.69 Å². The van der Waals surface area contributed by atoms with Crippen LogP contribution in [-0.4, -0.2) is 40.7 Å². The zero-order valence-electron chi connectivity index (χ0n) is 13.3. The van der Waals surface area contributed by atoms with Crippen LogP contribution in [-0.2, 0) is 0 Å². The predicted octanol–water partition coefficient (Wildman–Crippen LogP) is 3.26. The van der Waals surface area contributed by atoms with Crippen molar-refractivity contribution in [2.45, 2.75) is 19.9 Å². The number of hydrogen-bond donors (Lipinski definition) is 1. The molecule has 0 atom stereocenters. The van der Waals surface area contributed by atoms with Crippen LogP contribution in [0.1, 0.15) is 19.9 Å². The van der Waals surface area contributed by atoms with Gasteiger partial charge in [0.15, 0.2) is 5.52 Å². The van der Waals surface area contributed by atoms with Crippen LogP contribution in [0.5, 0.6) is 0 Å². The molecule has 24 heavy (non-hydrogen) atoms. The quantitative estimate of drug-likeness (QED) is 0.607. The molecule has 0 radical (unpaired) electrons. The Morgan fingerprint density at radius 3 is 2.58 bits per heavy atom. The molecule has 0 unspecified atom stereocenters. The lowest BCUT2D eigenvalue weighted by Gasteiger charge is -2.29. The SMILES string of the molecule is CC(C)n1c(N2CCNCC2)nc2c([N+](=O)[O-])c(Br)c(F)cc21.Cl. The van der Waals surface area contributed by atoms with Gasteiger partial charge in [0.1, 0.15) is 10.3 Å². The van der Waals surface area contributed by atoms with Crippen LogP contribution in [0.3, 0.4) is 0 Å². The van der Waals surface area contributed by atoms with E-state index in [1.165, 1.54) is 6.07 Å². The normalized spacial score (nSPS) is 15.0. The number of nitro groups is 1. The molecule has 1 aromatic heterocycles. The summed E-state index contributed by atoms with van der Waals surface area (Å²) < 4.78 is 15.9. The molecule has 2 heterocycles. The second kappa shape index (κ2) is 7.20. The van der Waals surface area contributed by atoms with E-state index in [1.54, 1.807) is 0 Å². The minimum absolute atomic E-state index is 0. The number of nitro benzene ring substituents is 1. The van der Waals surface area contributed by atoms with E-state index < -0.39 is 10.7 Å². The third kappa shape index (κ3) is 3.07. The Hall–Kier alpha value is -1.45. The Balaban J connectivity index is 0.00000208. The van der Waals surface area contributed by atoms with Crippen LogP contribution in [0.25, 0.3) is 11.0 Å². The Kier molecular flexibility index (Phi) is 5.67. The van der Waals surface area contributed by atoms with E-state index in [0.29, 0.717) is 11.5 Å². The molecule has 1 aliphatic heterocycles. The first-order valence-electron chi connectivity index (χ1n) is 7.41. The zero-order chi connectivity index (χ0) is 16.7. The summed E-state index contributed by atoms with van der Waals surface area (Å²) in [4.78, 5) is 17.4. The maximum atomic E-state index is 14.1. The highest BCUT2D eigenvalue weighted by Gasteiger charge is 2.29. The summed E-state index contributed by atoms with van der Waals surface area (Å²) in [5, 5.41) is 14.7. The van der Waals surface area contributed by atoms with Crippen molar-refractivity contribution in [2.75, 3.05) is 31.1 Å². The first-order chi connectivity index (χ1) is 10.9. The van der Waals surface area contributed by atoms with Gasteiger partial charge in [0, 0.05) is 38.3 Å². The monoisotopic (exact) mass is 421 g/mol. The van der Waals surface area contributed by atoms with E-state index in [9.17, 15) is 14.5 Å². The number of anilines is 1. The number of hydrogen-bond acceptors (Lipinski definition) is 5. The number of piperazine rings is 1. The molecular weight excluding hydrogens is 405 g/mol. The van der Waals surface area contributed by atoms with Crippen molar-refractivity contribution < 1.29 is 9.31 Å². The van der Waals surface area contributed by atoms with Crippen LogP contribution in [0.2, 0.25) is 0 Å². The smallest absolute Gasteiger partial charge is 0.314 e. The lowest BCUT2D eigenvalue weighted by Crippen LogP contribution is -2.44. The molecule has 0 spiro atoms. The first kappa shape index (κ1) is 18.9. The molecule has 1 N–H and O–H groups in total. The van der Waals surface area contributed by atoms with Gasteiger partial charge < -0.3 is 14.8 Å². The van der Waals surface area contributed by atoms with Gasteiger partial charge in [0.05, 0.1) is 10.4 Å². The standard InChI is InChI=1S/C14H17BrFN5O2.ClH/c1-8(2)20-10-7-9(16)11(15)13(21(22)23)12(10)18-14(20)19-5-3-17-4-6-19;/h7-8,17H,3-6H2,1-2H3;1H. The van der Waals surface area contributed by atoms with Gasteiger partial charge in [-0.15, -0.1) is 12.4 Å². The summed E-state index contributed by atoms with van der Waals surface area (Å²) in [6, 6.07) is 1.32. The average Bonchev–Trinajstić information content (AvgIpc) is 2.87. The molecule has 132 valence electrons. The number of nitrogens with one attached hydrogen (secondary N) is 1. The fourth-order valence-corrected chi connectivity index (χ4v) is 3.36. The van der Waals surface area contributed by atoms with E-state index >= 15 is 0 Å². The van der Waals surface area contributed by atoms with E-state index in [2.05, 4.69) is 31.1 Å². The van der Waals surface area contributed by atoms with Crippen LogP contribution in [0.15, 0.2) is 10.5 Å². The maximum Gasteiger partial charge on any atom is 0.314 e. The Morgan fingerprint density at radius 2 is 2.04 bits per heavy atom. The molecule has 10 heteroatoms. The summed E-state index contributed by atoms with van der Waals surface area (Å²) in [6.45, 7) is 7.07. The Morgan fingerprint density at radius 1 is 1.42 bits per heavy atom. The third-order valence-corrected chi connectivity index (χ3v) is 4.69. The topological polar surface area (TPSA) is 76.2 Å². The molecule has 1 aliphatic rings. The van der Waals surface area contributed by atoms with Crippen molar-refractivity contribution in [1.82, 2.24) is 14.9 Å². The van der Waals surface area contributed by atoms with Crippen molar-refractivity contribution in [3.8, 4) is 0 Å². The minimum atomic E-state index is -0.655. The molecule has 0 bridgehead atoms. The van der Waals surface area contributed by atoms with E-state index in [0.717, 1.165) is 26.2 Å². The second-order valence-electron chi connectivity index (χ2n) is 5.76. The fourth-order valence-electron chi connectivity index (χ4n) is 2.91. The molecule has 1 fully saturated rings. The highest BCUT2D eigenvalue weighted by Crippen LogP contribution is 2.38. The Labute approximate surface area is 152 Å². The molecule has 0 aliphatic carbocycles. The van der Waals surface area contributed by atoms with E-state index in [1.807, 2.05) is 18.4 Å². The van der Waals surface area contributed by atoms with Crippen molar-refractivity contribution in [1.29, 1.82) is 0 Å². The largest absolute Gasteiger partial charge is 0.340 e. The summed E-state index contributed by atoms with van der Waals surface area (Å²) in [5.41, 5.74) is 0.335. The van der Waals surface area contributed by atoms with Crippen LogP contribution in [0, 0.1) is 15.9 Å². The Bertz CT molecular complexity index is 776. The van der Waals surface area contributed by atoms with Crippen molar-refractivity contribution >= 4 is 51.0 Å². The van der Waals surface area contributed by atoms with Crippen molar-refractivity contribution in [3.05, 3.63) is 26.5 Å². The number of imidazole rings is 1. The molecule has 1 aromatic carbocycles. The molecular formula is C14H18BrClFN5O2. The predicted molar refractivity (Wildman–Crippen MR) is 96.8 cm³/mol. The van der Waals surface area contributed by atoms with E-state index in [4.69, 9.17) is 0 Å². The second-order valence-corrected chi connectivity index (χ2v) is 6.55. The fraction of sp³-hybridized carbons (Fsp3) is 0.500. The summed E-state index contributed by atoms with van der Waals surface area (Å²) in [6.07, 6.45) is 0. The highest BCUT2D eigenvalue weighted by molar-refractivity contribution is 9.10. The minimum Gasteiger partial charge on any atom is -0.340 e. The average molecular weight is 423 g/mol. The summed E-state index contributed by atoms with van der Waals surface area (Å²) >= 11 is 2.98. The van der Waals surface area contributed by atoms with Gasteiger partial charge in [-0.1, -0.05) is 0 Å². The maximum absolute atomic E-state index is 14.1. The van der Waals surface area contributed by atoms with Crippen molar-refractivity contribution in [2.24, 2.45) is 0 Å². The zero-order valence-corrected chi connectivity index (χ0v) is 15.7. The lowest BCUT2D eigenvalue weighted by molar-refractivity contribution is -0.384. The molecule has 2 aromatic rings. The lowest BCUT2D eigenvalue weighted by atomic mass is 10.2. The van der Waals surface area contributed by atoms with Gasteiger partial charge in [-0.3, -0.25) is 10.1 Å². The van der Waals surface area contributed by atoms with Gasteiger partial charge in [-0.25, -0.2) is 9.37 Å². The number of fused-ring (bicyclic) bond motifs is 1. The van der Waals surface area contributed by atoms with Crippen LogP contribution < -0.4 is 10.2 Å². The van der Waals surface area contributed by atoms with Gasteiger partial charge in [-0.05, 0) is 29.8 Å². The van der Waals surface area contributed by atoms with Gasteiger partial charge in [0.25, 0.3) is 0 Å². The molecule has 7 nitrogen and oxygen atoms in total. The summed E-state index contributed by atoms with van der Waals surface area (Å²) in [5.74, 6) is -0.00467. The highest BCUT2D eigenvalue weighted by atomic mass is 79.9. The number of benzene rings is 1. The number of nitrogens with zero attached hydrogens (tertiary/aromatic N) is 4. The van der Waals surface area contributed by atoms with Crippen LogP contribution >= 0.6 is 28.3 Å². The van der Waals surface area contributed by atoms with E-state index in [-0.39, 0.29) is 34.1 Å². The number of rotatable bonds is 3. The number of halogens is 3. The first-order valence-corrected chi connectivity index (χ1v) is 8.21.